The molecule has 3 aromatic rings. The third kappa shape index (κ3) is 2.55. The van der Waals surface area contributed by atoms with Crippen LogP contribution < -0.4 is 5.32 Å². The van der Waals surface area contributed by atoms with Crippen LogP contribution in [0.25, 0.3) is 0 Å². The number of aromatic nitrogens is 5. The number of nitrogens with zero attached hydrogens (tertiary/aromatic N) is 4. The summed E-state index contributed by atoms with van der Waals surface area (Å²) in [6.07, 6.45) is 6.12. The van der Waals surface area contributed by atoms with Crippen molar-refractivity contribution >= 4 is 0 Å². The Morgan fingerprint density at radius 1 is 1.26 bits per heavy atom. The molecular formula is C17H20N6. The minimum absolute atomic E-state index is 0.153. The van der Waals surface area contributed by atoms with Gasteiger partial charge in [0, 0.05) is 18.7 Å². The Morgan fingerprint density at radius 3 is 3.00 bits per heavy atom. The highest BCUT2D eigenvalue weighted by Crippen LogP contribution is 2.30. The van der Waals surface area contributed by atoms with E-state index in [0.29, 0.717) is 0 Å². The first-order valence-corrected chi connectivity index (χ1v) is 7.90. The Balaban J connectivity index is 1.75. The first-order chi connectivity index (χ1) is 11.2. The van der Waals surface area contributed by atoms with Crippen molar-refractivity contribution in [2.24, 2.45) is 0 Å². The van der Waals surface area contributed by atoms with E-state index in [1.54, 1.807) is 19.0 Å². The molecule has 0 radical (unpaired) electrons. The number of aromatic amines is 1. The van der Waals surface area contributed by atoms with Crippen LogP contribution in [0.2, 0.25) is 0 Å². The molecule has 1 atom stereocenters. The Bertz CT molecular complexity index is 818. The van der Waals surface area contributed by atoms with E-state index < -0.39 is 0 Å². The molecule has 2 N–H and O–H groups in total. The lowest BCUT2D eigenvalue weighted by atomic mass is 9.91. The smallest absolute Gasteiger partial charge is 0.137 e. The second-order valence-electron chi connectivity index (χ2n) is 6.13. The maximum absolute atomic E-state index is 4.54. The van der Waals surface area contributed by atoms with Crippen molar-refractivity contribution in [1.29, 1.82) is 0 Å². The number of hydrogen-bond donors (Lipinski definition) is 2. The van der Waals surface area contributed by atoms with Gasteiger partial charge in [0.15, 0.2) is 0 Å². The molecular weight excluding hydrogens is 288 g/mol. The summed E-state index contributed by atoms with van der Waals surface area (Å²) in [5.74, 6) is 0. The van der Waals surface area contributed by atoms with Crippen LogP contribution in [0.15, 0.2) is 31.1 Å². The fourth-order valence-corrected chi connectivity index (χ4v) is 3.36. The third-order valence-corrected chi connectivity index (χ3v) is 4.58. The molecule has 0 saturated carbocycles. The highest BCUT2D eigenvalue weighted by atomic mass is 15.3. The van der Waals surface area contributed by atoms with Crippen molar-refractivity contribution in [3.05, 3.63) is 64.8 Å². The maximum Gasteiger partial charge on any atom is 0.137 e. The number of aryl methyl sites for hydroxylation is 2. The van der Waals surface area contributed by atoms with Gasteiger partial charge in [-0.2, -0.15) is 5.10 Å². The number of nitrogens with one attached hydrogen (secondary N) is 2. The number of benzene rings is 1. The minimum atomic E-state index is 0.153. The van der Waals surface area contributed by atoms with Gasteiger partial charge < -0.3 is 10.3 Å². The molecule has 6 nitrogen and oxygen atoms in total. The number of H-pyrrole nitrogens is 1. The SMILES string of the molecule is Cc1cc(C)c([C@H]2NCCc3[nH]cnc32)cc1Cn1cncn1. The fraction of sp³-hybridized carbons (Fsp3) is 0.353. The largest absolute Gasteiger partial charge is 0.348 e. The van der Waals surface area contributed by atoms with Crippen molar-refractivity contribution in [2.45, 2.75) is 32.9 Å². The van der Waals surface area contributed by atoms with Gasteiger partial charge >= 0.3 is 0 Å². The van der Waals surface area contributed by atoms with E-state index in [-0.39, 0.29) is 6.04 Å². The Labute approximate surface area is 135 Å². The summed E-state index contributed by atoms with van der Waals surface area (Å²) in [6, 6.07) is 4.69. The number of fused-ring (bicyclic) bond motifs is 1. The van der Waals surface area contributed by atoms with E-state index in [4.69, 9.17) is 0 Å². The summed E-state index contributed by atoms with van der Waals surface area (Å²) in [4.78, 5) is 11.8. The summed E-state index contributed by atoms with van der Waals surface area (Å²) in [7, 11) is 0. The van der Waals surface area contributed by atoms with E-state index in [0.717, 1.165) is 25.2 Å². The van der Waals surface area contributed by atoms with Crippen molar-refractivity contribution in [1.82, 2.24) is 30.0 Å². The number of imidazole rings is 1. The first-order valence-electron chi connectivity index (χ1n) is 7.90. The lowest BCUT2D eigenvalue weighted by Gasteiger charge is -2.26. The Morgan fingerprint density at radius 2 is 2.17 bits per heavy atom. The van der Waals surface area contributed by atoms with Gasteiger partial charge in [-0.3, -0.25) is 0 Å². The summed E-state index contributed by atoms with van der Waals surface area (Å²) in [5, 5.41) is 7.82. The van der Waals surface area contributed by atoms with Crippen molar-refractivity contribution in [3.8, 4) is 0 Å². The zero-order valence-corrected chi connectivity index (χ0v) is 13.4. The van der Waals surface area contributed by atoms with Gasteiger partial charge in [0.25, 0.3) is 0 Å². The molecule has 0 amide bonds. The molecule has 3 heterocycles. The molecule has 1 aliphatic rings. The molecule has 0 aliphatic carbocycles. The second-order valence-corrected chi connectivity index (χ2v) is 6.13. The molecule has 23 heavy (non-hydrogen) atoms. The van der Waals surface area contributed by atoms with Gasteiger partial charge in [0.2, 0.25) is 0 Å². The van der Waals surface area contributed by atoms with E-state index >= 15 is 0 Å². The van der Waals surface area contributed by atoms with Gasteiger partial charge in [-0.15, -0.1) is 0 Å². The quantitative estimate of drug-likeness (QED) is 0.775. The van der Waals surface area contributed by atoms with Gasteiger partial charge in [0.1, 0.15) is 12.7 Å². The summed E-state index contributed by atoms with van der Waals surface area (Å²) < 4.78 is 1.86. The molecule has 4 rings (SSSR count). The molecule has 1 aromatic carbocycles. The van der Waals surface area contributed by atoms with Crippen LogP contribution in [0, 0.1) is 13.8 Å². The molecule has 0 bridgehead atoms. The topological polar surface area (TPSA) is 71.4 Å². The molecule has 1 aliphatic heterocycles. The maximum atomic E-state index is 4.54. The molecule has 0 fully saturated rings. The predicted octanol–water partition coefficient (Wildman–Crippen LogP) is 1.90. The first kappa shape index (κ1) is 14.1. The normalized spacial score (nSPS) is 17.2. The van der Waals surface area contributed by atoms with Crippen LogP contribution in [-0.2, 0) is 13.0 Å². The molecule has 6 heteroatoms. The Hall–Kier alpha value is -2.47. The van der Waals surface area contributed by atoms with E-state index in [1.807, 2.05) is 4.68 Å². The van der Waals surface area contributed by atoms with Gasteiger partial charge in [0.05, 0.1) is 24.6 Å². The molecule has 2 aromatic heterocycles. The summed E-state index contributed by atoms with van der Waals surface area (Å²) in [6.45, 7) is 6.02. The van der Waals surface area contributed by atoms with Gasteiger partial charge in [-0.05, 0) is 36.1 Å². The van der Waals surface area contributed by atoms with Crippen molar-refractivity contribution in [2.75, 3.05) is 6.54 Å². The zero-order chi connectivity index (χ0) is 15.8. The highest BCUT2D eigenvalue weighted by Gasteiger charge is 2.25. The summed E-state index contributed by atoms with van der Waals surface area (Å²) >= 11 is 0. The summed E-state index contributed by atoms with van der Waals surface area (Å²) in [5.41, 5.74) is 7.48. The van der Waals surface area contributed by atoms with Crippen molar-refractivity contribution in [3.63, 3.8) is 0 Å². The van der Waals surface area contributed by atoms with Crippen molar-refractivity contribution < 1.29 is 0 Å². The van der Waals surface area contributed by atoms with Crippen LogP contribution >= 0.6 is 0 Å². The van der Waals surface area contributed by atoms with E-state index in [9.17, 15) is 0 Å². The van der Waals surface area contributed by atoms with Crippen LogP contribution in [-0.4, -0.2) is 31.3 Å². The molecule has 0 spiro atoms. The minimum Gasteiger partial charge on any atom is -0.348 e. The number of hydrogen-bond acceptors (Lipinski definition) is 4. The molecule has 0 saturated heterocycles. The van der Waals surface area contributed by atoms with Crippen LogP contribution in [0.3, 0.4) is 0 Å². The average molecular weight is 308 g/mol. The standard InChI is InChI=1S/C17H20N6/c1-11-5-12(2)14(6-13(11)7-23-10-18-8-22-23)16-17-15(3-4-19-16)20-9-21-17/h5-6,8-10,16,19H,3-4,7H2,1-2H3,(H,20,21)/t16-/m1/s1. The van der Waals surface area contributed by atoms with Crippen LogP contribution in [0.4, 0.5) is 0 Å². The van der Waals surface area contributed by atoms with Gasteiger partial charge in [-0.1, -0.05) is 12.1 Å². The van der Waals surface area contributed by atoms with E-state index in [2.05, 4.69) is 51.3 Å². The van der Waals surface area contributed by atoms with E-state index in [1.165, 1.54) is 27.9 Å². The monoisotopic (exact) mass is 308 g/mol. The predicted molar refractivity (Wildman–Crippen MR) is 87.2 cm³/mol. The van der Waals surface area contributed by atoms with Crippen LogP contribution in [0.1, 0.15) is 39.7 Å². The van der Waals surface area contributed by atoms with Crippen LogP contribution in [0.5, 0.6) is 0 Å². The Kier molecular flexibility index (Phi) is 3.46. The molecule has 118 valence electrons. The lowest BCUT2D eigenvalue weighted by molar-refractivity contribution is 0.550. The lowest BCUT2D eigenvalue weighted by Crippen LogP contribution is -2.31. The number of rotatable bonds is 3. The second kappa shape index (κ2) is 5.62. The molecule has 0 unspecified atom stereocenters. The fourth-order valence-electron chi connectivity index (χ4n) is 3.36. The van der Waals surface area contributed by atoms with Gasteiger partial charge in [-0.25, -0.2) is 14.6 Å². The highest BCUT2D eigenvalue weighted by molar-refractivity contribution is 5.43. The zero-order valence-electron chi connectivity index (χ0n) is 13.4. The average Bonchev–Trinajstić information content (AvgIpc) is 3.21. The third-order valence-electron chi connectivity index (χ3n) is 4.58.